The maximum atomic E-state index is 12.8. The highest BCUT2D eigenvalue weighted by atomic mass is 35.5. The first kappa shape index (κ1) is 32.9. The molecule has 3 aromatic carbocycles. The number of hydrogen-bond acceptors (Lipinski definition) is 9. The van der Waals surface area contributed by atoms with Crippen molar-refractivity contribution in [1.82, 2.24) is 29.1 Å². The molecule has 0 bridgehead atoms. The Bertz CT molecular complexity index is 1900. The van der Waals surface area contributed by atoms with E-state index in [0.29, 0.717) is 24.8 Å². The van der Waals surface area contributed by atoms with Crippen molar-refractivity contribution in [2.24, 2.45) is 0 Å². The molecule has 0 amide bonds. The molecule has 1 unspecified atom stereocenters. The molecule has 2 aromatic heterocycles. The van der Waals surface area contributed by atoms with E-state index < -0.39 is 5.79 Å². The Hall–Kier alpha value is -4.65. The Morgan fingerprint density at radius 3 is 2.24 bits per heavy atom. The maximum absolute atomic E-state index is 12.8. The third kappa shape index (κ3) is 6.94. The van der Waals surface area contributed by atoms with Gasteiger partial charge in [-0.1, -0.05) is 30.7 Å². The molecular formula is C36H41ClN8O4. The van der Waals surface area contributed by atoms with Crippen molar-refractivity contribution in [2.75, 3.05) is 49.2 Å². The lowest BCUT2D eigenvalue weighted by Crippen LogP contribution is -2.46. The fraction of sp³-hybridized carbons (Fsp3) is 0.389. The monoisotopic (exact) mass is 684 g/mol. The highest BCUT2D eigenvalue weighted by Gasteiger charge is 2.45. The molecule has 0 spiro atoms. The van der Waals surface area contributed by atoms with Crippen molar-refractivity contribution in [3.05, 3.63) is 112 Å². The van der Waals surface area contributed by atoms with Crippen LogP contribution in [0.2, 0.25) is 5.02 Å². The number of hydrogen-bond donors (Lipinski definition) is 0. The van der Waals surface area contributed by atoms with Gasteiger partial charge in [-0.3, -0.25) is 0 Å². The summed E-state index contributed by atoms with van der Waals surface area (Å²) in [7, 11) is 0. The normalized spacial score (nSPS) is 20.1. The highest BCUT2D eigenvalue weighted by Crippen LogP contribution is 2.40. The van der Waals surface area contributed by atoms with Gasteiger partial charge in [-0.15, -0.1) is 0 Å². The van der Waals surface area contributed by atoms with Gasteiger partial charge in [0, 0.05) is 48.1 Å². The second-order valence-corrected chi connectivity index (χ2v) is 13.1. The van der Waals surface area contributed by atoms with Crippen molar-refractivity contribution < 1.29 is 14.2 Å². The van der Waals surface area contributed by atoms with Gasteiger partial charge in [0.05, 0.1) is 18.3 Å². The van der Waals surface area contributed by atoms with Crippen LogP contribution in [-0.4, -0.2) is 74.6 Å². The molecule has 0 saturated carbocycles. The van der Waals surface area contributed by atoms with Crippen molar-refractivity contribution in [3.8, 4) is 11.4 Å². The van der Waals surface area contributed by atoms with Gasteiger partial charge in [-0.05, 0) is 80.4 Å². The Morgan fingerprint density at radius 1 is 0.939 bits per heavy atom. The molecule has 256 valence electrons. The zero-order valence-electron chi connectivity index (χ0n) is 28.0. The van der Waals surface area contributed by atoms with Crippen LogP contribution < -0.4 is 20.2 Å². The molecule has 13 heteroatoms. The zero-order valence-corrected chi connectivity index (χ0v) is 28.7. The van der Waals surface area contributed by atoms with Crippen LogP contribution in [-0.2, 0) is 21.8 Å². The van der Waals surface area contributed by atoms with Crippen LogP contribution in [0.5, 0.6) is 5.75 Å². The van der Waals surface area contributed by atoms with Crippen molar-refractivity contribution in [2.45, 2.75) is 51.7 Å². The minimum Gasteiger partial charge on any atom is -0.491 e. The first-order chi connectivity index (χ1) is 23.8. The summed E-state index contributed by atoms with van der Waals surface area (Å²) in [6.45, 7) is 10.6. The molecule has 7 rings (SSSR count). The lowest BCUT2D eigenvalue weighted by Gasteiger charge is -2.37. The van der Waals surface area contributed by atoms with Crippen LogP contribution >= 0.6 is 11.6 Å². The average Bonchev–Trinajstić information content (AvgIpc) is 3.88. The molecule has 2 fully saturated rings. The molecule has 2 saturated heterocycles. The fourth-order valence-electron chi connectivity index (χ4n) is 6.37. The Morgan fingerprint density at radius 2 is 1.61 bits per heavy atom. The lowest BCUT2D eigenvalue weighted by atomic mass is 10.0. The van der Waals surface area contributed by atoms with Crippen LogP contribution in [0.3, 0.4) is 0 Å². The predicted octanol–water partition coefficient (Wildman–Crippen LogP) is 5.23. The topological polar surface area (TPSA) is 105 Å². The Kier molecular flexibility index (Phi) is 9.44. The summed E-state index contributed by atoms with van der Waals surface area (Å²) in [5.41, 5.74) is 4.81. The molecular weight excluding hydrogens is 644 g/mol. The molecule has 49 heavy (non-hydrogen) atoms. The molecule has 0 aliphatic carbocycles. The molecule has 3 atom stereocenters. The molecule has 2 aliphatic heterocycles. The number of halogens is 1. The van der Waals surface area contributed by atoms with Crippen molar-refractivity contribution in [3.63, 3.8) is 0 Å². The van der Waals surface area contributed by atoms with Crippen LogP contribution in [0.15, 0.2) is 90.5 Å². The summed E-state index contributed by atoms with van der Waals surface area (Å²) in [5, 5.41) is 9.14. The average molecular weight is 685 g/mol. The van der Waals surface area contributed by atoms with E-state index in [-0.39, 0.29) is 17.8 Å². The third-order valence-corrected chi connectivity index (χ3v) is 9.66. The van der Waals surface area contributed by atoms with E-state index in [0.717, 1.165) is 66.5 Å². The SMILES string of the molecule is CCC(C)n1ncn(-c2ccc(N3CCN(c4ccc(OC[C@H]5CO[C@](Cn6cncn6)(c6ccc(C)cc6Cl)O5)cc4)CC3)cc2)c1=O. The standard InChI is InChI=1S/C36H41ClN8O4/c1-4-27(3)45-35(46)44(25-40-45)30-8-6-28(7-9-30)41-15-17-42(18-16-41)29-10-12-31(13-11-29)47-20-32-21-48-36(49-32,22-43-24-38-23-39-43)33-14-5-26(2)19-34(33)37/h5-14,19,23-25,27,32H,4,15-18,20-22H2,1-3H3/t27?,32-,36-/m0/s1. The quantitative estimate of drug-likeness (QED) is 0.185. The summed E-state index contributed by atoms with van der Waals surface area (Å²) in [4.78, 5) is 21.6. The Labute approximate surface area is 290 Å². The number of aryl methyl sites for hydroxylation is 1. The van der Waals surface area contributed by atoms with E-state index in [2.05, 4.69) is 56.2 Å². The van der Waals surface area contributed by atoms with Crippen molar-refractivity contribution >= 4 is 23.0 Å². The van der Waals surface area contributed by atoms with Gasteiger partial charge >= 0.3 is 5.69 Å². The zero-order chi connectivity index (χ0) is 34.0. The molecule has 12 nitrogen and oxygen atoms in total. The predicted molar refractivity (Wildman–Crippen MR) is 188 cm³/mol. The number of ether oxygens (including phenoxy) is 3. The summed E-state index contributed by atoms with van der Waals surface area (Å²) in [5.74, 6) is -0.334. The lowest BCUT2D eigenvalue weighted by molar-refractivity contribution is -0.190. The summed E-state index contributed by atoms with van der Waals surface area (Å²) in [6, 6.07) is 22.3. The van der Waals surface area contributed by atoms with Gasteiger partial charge < -0.3 is 24.0 Å². The Balaban J connectivity index is 0.925. The summed E-state index contributed by atoms with van der Waals surface area (Å²) < 4.78 is 23.8. The first-order valence-electron chi connectivity index (χ1n) is 16.7. The first-order valence-corrected chi connectivity index (χ1v) is 17.1. The number of nitrogens with zero attached hydrogens (tertiary/aromatic N) is 8. The van der Waals surface area contributed by atoms with Gasteiger partial charge in [-0.25, -0.2) is 23.7 Å². The van der Waals surface area contributed by atoms with E-state index in [9.17, 15) is 4.79 Å². The summed E-state index contributed by atoms with van der Waals surface area (Å²) in [6.07, 6.45) is 5.27. The van der Waals surface area contributed by atoms with Gasteiger partial charge in [0.15, 0.2) is 0 Å². The minimum absolute atomic E-state index is 0.0676. The van der Waals surface area contributed by atoms with Gasteiger partial charge in [0.2, 0.25) is 5.79 Å². The maximum Gasteiger partial charge on any atom is 0.350 e. The number of aromatic nitrogens is 6. The highest BCUT2D eigenvalue weighted by molar-refractivity contribution is 6.31. The molecule has 0 radical (unpaired) electrons. The smallest absolute Gasteiger partial charge is 0.350 e. The second kappa shape index (κ2) is 14.1. The third-order valence-electron chi connectivity index (χ3n) is 9.34. The second-order valence-electron chi connectivity index (χ2n) is 12.7. The van der Waals surface area contributed by atoms with Gasteiger partial charge in [0.1, 0.15) is 44.0 Å². The number of rotatable bonds is 11. The number of piperazine rings is 1. The minimum atomic E-state index is -1.10. The fourth-order valence-corrected chi connectivity index (χ4v) is 6.75. The van der Waals surface area contributed by atoms with E-state index in [1.165, 1.54) is 6.33 Å². The molecule has 5 aromatic rings. The van der Waals surface area contributed by atoms with Gasteiger partial charge in [-0.2, -0.15) is 10.2 Å². The van der Waals surface area contributed by atoms with E-state index in [1.807, 2.05) is 56.3 Å². The van der Waals surface area contributed by atoms with Crippen LogP contribution in [0, 0.1) is 6.92 Å². The largest absolute Gasteiger partial charge is 0.491 e. The summed E-state index contributed by atoms with van der Waals surface area (Å²) >= 11 is 6.67. The van der Waals surface area contributed by atoms with Crippen LogP contribution in [0.25, 0.3) is 5.69 Å². The van der Waals surface area contributed by atoms with Gasteiger partial charge in [0.25, 0.3) is 0 Å². The molecule has 0 N–H and O–H groups in total. The van der Waals surface area contributed by atoms with Crippen molar-refractivity contribution in [1.29, 1.82) is 0 Å². The van der Waals surface area contributed by atoms with Crippen LogP contribution in [0.1, 0.15) is 37.4 Å². The number of benzene rings is 3. The number of anilines is 2. The molecule has 2 aliphatic rings. The van der Waals surface area contributed by atoms with E-state index in [4.69, 9.17) is 25.8 Å². The molecule has 4 heterocycles. The van der Waals surface area contributed by atoms with E-state index in [1.54, 1.807) is 26.6 Å². The van der Waals surface area contributed by atoms with Crippen LogP contribution in [0.4, 0.5) is 11.4 Å². The van der Waals surface area contributed by atoms with E-state index >= 15 is 0 Å².